The van der Waals surface area contributed by atoms with E-state index in [1.807, 2.05) is 43.3 Å². The van der Waals surface area contributed by atoms with Gasteiger partial charge in [-0.15, -0.1) is 10.2 Å². The van der Waals surface area contributed by atoms with Crippen LogP contribution in [0.1, 0.15) is 45.1 Å². The molecular formula is C22H26N4O3S. The molecule has 1 aromatic carbocycles. The Kier molecular flexibility index (Phi) is 6.42. The first-order chi connectivity index (χ1) is 14.7. The Morgan fingerprint density at radius 3 is 2.63 bits per heavy atom. The molecule has 7 nitrogen and oxygen atoms in total. The molecule has 3 aromatic rings. The number of aromatic nitrogens is 3. The molecule has 2 heterocycles. The highest BCUT2D eigenvalue weighted by atomic mass is 32.2. The number of hydrogen-bond donors (Lipinski definition) is 1. The van der Waals surface area contributed by atoms with Crippen LogP contribution in [0.3, 0.4) is 0 Å². The number of carbonyl (C=O) groups is 1. The van der Waals surface area contributed by atoms with Crippen LogP contribution in [-0.4, -0.2) is 33.0 Å². The van der Waals surface area contributed by atoms with Gasteiger partial charge in [0.15, 0.2) is 10.9 Å². The van der Waals surface area contributed by atoms with Crippen LogP contribution in [0.25, 0.3) is 11.6 Å². The minimum Gasteiger partial charge on any atom is -0.497 e. The second-order valence-electron chi connectivity index (χ2n) is 7.42. The highest BCUT2D eigenvalue weighted by Crippen LogP contribution is 2.36. The van der Waals surface area contributed by atoms with Gasteiger partial charge >= 0.3 is 0 Å². The number of hydrogen-bond acceptors (Lipinski definition) is 6. The maximum absolute atomic E-state index is 12.8. The molecule has 1 saturated carbocycles. The molecule has 30 heavy (non-hydrogen) atoms. The minimum atomic E-state index is -0.330. The number of rotatable bonds is 7. The van der Waals surface area contributed by atoms with Crippen LogP contribution >= 0.6 is 11.8 Å². The number of carbonyl (C=O) groups excluding carboxylic acids is 1. The fraction of sp³-hybridized carbons (Fsp3) is 0.409. The fourth-order valence-corrected chi connectivity index (χ4v) is 4.65. The average molecular weight is 427 g/mol. The number of nitrogens with one attached hydrogen (secondary N) is 1. The first kappa shape index (κ1) is 20.5. The van der Waals surface area contributed by atoms with E-state index in [0.717, 1.165) is 35.3 Å². The highest BCUT2D eigenvalue weighted by Gasteiger charge is 2.27. The summed E-state index contributed by atoms with van der Waals surface area (Å²) in [6, 6.07) is 11.4. The third kappa shape index (κ3) is 4.53. The quantitative estimate of drug-likeness (QED) is 0.525. The van der Waals surface area contributed by atoms with E-state index in [1.165, 1.54) is 31.0 Å². The topological polar surface area (TPSA) is 82.2 Å². The summed E-state index contributed by atoms with van der Waals surface area (Å²) < 4.78 is 12.9. The van der Waals surface area contributed by atoms with Gasteiger partial charge in [-0.2, -0.15) is 0 Å². The molecule has 1 fully saturated rings. The van der Waals surface area contributed by atoms with Crippen LogP contribution in [0.5, 0.6) is 5.75 Å². The summed E-state index contributed by atoms with van der Waals surface area (Å²) in [6.07, 6.45) is 7.47. The van der Waals surface area contributed by atoms with Crippen molar-refractivity contribution in [2.45, 2.75) is 55.5 Å². The summed E-state index contributed by atoms with van der Waals surface area (Å²) in [4.78, 5) is 12.8. The highest BCUT2D eigenvalue weighted by molar-refractivity contribution is 8.00. The summed E-state index contributed by atoms with van der Waals surface area (Å²) >= 11 is 1.43. The smallest absolute Gasteiger partial charge is 0.237 e. The van der Waals surface area contributed by atoms with Gasteiger partial charge in [0.1, 0.15) is 5.75 Å². The van der Waals surface area contributed by atoms with Gasteiger partial charge in [-0.1, -0.05) is 31.0 Å². The van der Waals surface area contributed by atoms with Crippen LogP contribution in [0.15, 0.2) is 52.2 Å². The van der Waals surface area contributed by atoms with Gasteiger partial charge in [-0.3, -0.25) is 9.36 Å². The van der Waals surface area contributed by atoms with Crippen molar-refractivity contribution >= 4 is 23.4 Å². The lowest BCUT2D eigenvalue weighted by Gasteiger charge is -2.25. The normalized spacial score (nSPS) is 15.7. The van der Waals surface area contributed by atoms with Crippen molar-refractivity contribution in [3.8, 4) is 17.3 Å². The van der Waals surface area contributed by atoms with Crippen LogP contribution < -0.4 is 10.1 Å². The van der Waals surface area contributed by atoms with Crippen LogP contribution in [0.2, 0.25) is 0 Å². The standard InChI is InChI=1S/C22H26N4O3S/c1-15(21(27)23-16-10-12-18(28-2)13-11-16)30-22-25-24-20(19-9-6-14-29-19)26(22)17-7-4-3-5-8-17/h6,9-15,17H,3-5,7-8H2,1-2H3,(H,23,27). The molecule has 158 valence electrons. The van der Waals surface area contributed by atoms with E-state index < -0.39 is 0 Å². The van der Waals surface area contributed by atoms with Gasteiger partial charge in [0.2, 0.25) is 11.7 Å². The van der Waals surface area contributed by atoms with E-state index >= 15 is 0 Å². The Hall–Kier alpha value is -2.74. The molecule has 0 radical (unpaired) electrons. The van der Waals surface area contributed by atoms with Gasteiger partial charge in [0, 0.05) is 11.7 Å². The number of ether oxygens (including phenoxy) is 1. The summed E-state index contributed by atoms with van der Waals surface area (Å²) in [5.41, 5.74) is 0.735. The van der Waals surface area contributed by atoms with Crippen molar-refractivity contribution in [3.63, 3.8) is 0 Å². The predicted octanol–water partition coefficient (Wildman–Crippen LogP) is 5.17. The van der Waals surface area contributed by atoms with Crippen LogP contribution in [0, 0.1) is 0 Å². The SMILES string of the molecule is COc1ccc(NC(=O)C(C)Sc2nnc(-c3ccco3)n2C2CCCCC2)cc1. The number of anilines is 1. The third-order valence-corrected chi connectivity index (χ3v) is 6.41. The van der Waals surface area contributed by atoms with Crippen molar-refractivity contribution in [2.75, 3.05) is 12.4 Å². The molecule has 1 amide bonds. The van der Waals surface area contributed by atoms with E-state index in [-0.39, 0.29) is 11.2 Å². The molecule has 2 aromatic heterocycles. The predicted molar refractivity (Wildman–Crippen MR) is 117 cm³/mol. The lowest BCUT2D eigenvalue weighted by Crippen LogP contribution is -2.23. The minimum absolute atomic E-state index is 0.0806. The molecule has 1 aliphatic rings. The van der Waals surface area contributed by atoms with Gasteiger partial charge < -0.3 is 14.5 Å². The monoisotopic (exact) mass is 426 g/mol. The number of thioether (sulfide) groups is 1. The first-order valence-electron chi connectivity index (χ1n) is 10.3. The van der Waals surface area contributed by atoms with Crippen LogP contribution in [0.4, 0.5) is 5.69 Å². The van der Waals surface area contributed by atoms with Crippen molar-refractivity contribution in [1.29, 1.82) is 0 Å². The number of nitrogens with zero attached hydrogens (tertiary/aromatic N) is 3. The van der Waals surface area contributed by atoms with E-state index in [0.29, 0.717) is 11.8 Å². The average Bonchev–Trinajstić information content (AvgIpc) is 3.44. The lowest BCUT2D eigenvalue weighted by atomic mass is 9.95. The molecule has 1 aliphatic carbocycles. The van der Waals surface area contributed by atoms with Gasteiger partial charge in [0.25, 0.3) is 0 Å². The molecule has 1 unspecified atom stereocenters. The Bertz CT molecular complexity index is 963. The second-order valence-corrected chi connectivity index (χ2v) is 8.73. The number of furan rings is 1. The molecule has 1 atom stereocenters. The molecule has 1 N–H and O–H groups in total. The molecule has 4 rings (SSSR count). The second kappa shape index (κ2) is 9.38. The van der Waals surface area contributed by atoms with E-state index in [4.69, 9.17) is 9.15 Å². The summed E-state index contributed by atoms with van der Waals surface area (Å²) in [7, 11) is 1.62. The van der Waals surface area contributed by atoms with Gasteiger partial charge in [0.05, 0.1) is 18.6 Å². The van der Waals surface area contributed by atoms with Gasteiger partial charge in [-0.25, -0.2) is 0 Å². The number of methoxy groups -OCH3 is 1. The molecule has 0 saturated heterocycles. The maximum atomic E-state index is 12.8. The summed E-state index contributed by atoms with van der Waals surface area (Å²) in [5.74, 6) is 2.11. The molecule has 0 bridgehead atoms. The zero-order valence-corrected chi connectivity index (χ0v) is 18.0. The zero-order chi connectivity index (χ0) is 20.9. The van der Waals surface area contributed by atoms with Crippen LogP contribution in [-0.2, 0) is 4.79 Å². The van der Waals surface area contributed by atoms with E-state index in [1.54, 1.807) is 13.4 Å². The largest absolute Gasteiger partial charge is 0.497 e. The van der Waals surface area contributed by atoms with Crippen molar-refractivity contribution < 1.29 is 13.9 Å². The Labute approximate surface area is 180 Å². The van der Waals surface area contributed by atoms with Gasteiger partial charge in [-0.05, 0) is 56.2 Å². The van der Waals surface area contributed by atoms with Crippen molar-refractivity contribution in [2.24, 2.45) is 0 Å². The maximum Gasteiger partial charge on any atom is 0.237 e. The number of benzene rings is 1. The third-order valence-electron chi connectivity index (χ3n) is 5.35. The summed E-state index contributed by atoms with van der Waals surface area (Å²) in [5, 5.41) is 12.2. The number of amides is 1. The molecule has 8 heteroatoms. The van der Waals surface area contributed by atoms with Crippen molar-refractivity contribution in [1.82, 2.24) is 14.8 Å². The fourth-order valence-electron chi connectivity index (χ4n) is 3.73. The van der Waals surface area contributed by atoms with E-state index in [2.05, 4.69) is 20.1 Å². The Morgan fingerprint density at radius 1 is 1.20 bits per heavy atom. The first-order valence-corrected chi connectivity index (χ1v) is 11.1. The van der Waals surface area contributed by atoms with E-state index in [9.17, 15) is 4.79 Å². The summed E-state index contributed by atoms with van der Waals surface area (Å²) in [6.45, 7) is 1.88. The molecule has 0 aliphatic heterocycles. The Morgan fingerprint density at radius 2 is 1.97 bits per heavy atom. The molecular weight excluding hydrogens is 400 g/mol. The molecule has 0 spiro atoms. The van der Waals surface area contributed by atoms with Crippen molar-refractivity contribution in [3.05, 3.63) is 42.7 Å². The Balaban J connectivity index is 1.52. The lowest BCUT2D eigenvalue weighted by molar-refractivity contribution is -0.115. The zero-order valence-electron chi connectivity index (χ0n) is 17.2.